The molecule has 0 bridgehead atoms. The summed E-state index contributed by atoms with van der Waals surface area (Å²) >= 11 is 0. The first-order valence-electron chi connectivity index (χ1n) is 7.09. The normalized spacial score (nSPS) is 20.7. The second-order valence-corrected chi connectivity index (χ2v) is 5.55. The highest BCUT2D eigenvalue weighted by atomic mass is 15.2. The van der Waals surface area contributed by atoms with Crippen molar-refractivity contribution in [2.75, 3.05) is 26.2 Å². The molecular weight excluding hydrogens is 222 g/mol. The van der Waals surface area contributed by atoms with Gasteiger partial charge in [0.15, 0.2) is 0 Å². The van der Waals surface area contributed by atoms with E-state index in [9.17, 15) is 0 Å². The number of hydrogen-bond donors (Lipinski definition) is 1. The summed E-state index contributed by atoms with van der Waals surface area (Å²) in [5.74, 6) is 0.838. The Morgan fingerprint density at radius 2 is 2.17 bits per heavy atom. The summed E-state index contributed by atoms with van der Waals surface area (Å²) in [6, 6.07) is 4.89. The van der Waals surface area contributed by atoms with Crippen molar-refractivity contribution in [2.45, 2.75) is 32.7 Å². The third kappa shape index (κ3) is 4.07. The maximum Gasteiger partial charge on any atom is 0.0270 e. The average molecular weight is 247 g/mol. The number of nitrogens with one attached hydrogen (secondary N) is 1. The molecule has 1 atom stereocenters. The summed E-state index contributed by atoms with van der Waals surface area (Å²) in [7, 11) is 0. The molecule has 0 radical (unpaired) electrons. The number of nitrogens with zero attached hydrogens (tertiary/aromatic N) is 2. The van der Waals surface area contributed by atoms with Gasteiger partial charge in [-0.3, -0.25) is 4.98 Å². The molecule has 2 rings (SSSR count). The van der Waals surface area contributed by atoms with Crippen LogP contribution in [0.3, 0.4) is 0 Å². The third-order valence-electron chi connectivity index (χ3n) is 3.82. The van der Waals surface area contributed by atoms with Gasteiger partial charge in [-0.15, -0.1) is 0 Å². The highest BCUT2D eigenvalue weighted by Crippen LogP contribution is 2.17. The van der Waals surface area contributed by atoms with Gasteiger partial charge in [0.2, 0.25) is 0 Å². The monoisotopic (exact) mass is 247 g/mol. The lowest BCUT2D eigenvalue weighted by molar-refractivity contribution is 0.264. The molecule has 18 heavy (non-hydrogen) atoms. The highest BCUT2D eigenvalue weighted by molar-refractivity contribution is 5.09. The summed E-state index contributed by atoms with van der Waals surface area (Å²) in [6.07, 6.45) is 6.18. The number of pyridine rings is 1. The number of likely N-dealkylation sites (tertiary alicyclic amines) is 1. The minimum Gasteiger partial charge on any atom is -0.316 e. The molecule has 3 nitrogen and oxygen atoms in total. The van der Waals surface area contributed by atoms with E-state index in [4.69, 9.17) is 0 Å². The van der Waals surface area contributed by atoms with E-state index in [-0.39, 0.29) is 0 Å². The van der Waals surface area contributed by atoms with E-state index in [0.717, 1.165) is 25.4 Å². The van der Waals surface area contributed by atoms with E-state index in [1.165, 1.54) is 25.1 Å². The Balaban J connectivity index is 1.59. The van der Waals surface area contributed by atoms with Crippen LogP contribution < -0.4 is 5.32 Å². The van der Waals surface area contributed by atoms with Crippen LogP contribution in [0.5, 0.6) is 0 Å². The van der Waals surface area contributed by atoms with Crippen LogP contribution in [-0.4, -0.2) is 42.1 Å². The van der Waals surface area contributed by atoms with Gasteiger partial charge in [-0.05, 0) is 69.9 Å². The molecule has 1 aliphatic heterocycles. The SMILES string of the molecule is CC(C)N1CCC(CNCCc2ccncc2)C1. The molecule has 1 unspecified atom stereocenters. The first-order valence-corrected chi connectivity index (χ1v) is 7.09. The van der Waals surface area contributed by atoms with Crippen molar-refractivity contribution in [3.8, 4) is 0 Å². The van der Waals surface area contributed by atoms with Crippen molar-refractivity contribution in [3.05, 3.63) is 30.1 Å². The van der Waals surface area contributed by atoms with Crippen molar-refractivity contribution in [1.29, 1.82) is 0 Å². The smallest absolute Gasteiger partial charge is 0.0270 e. The van der Waals surface area contributed by atoms with Gasteiger partial charge >= 0.3 is 0 Å². The zero-order chi connectivity index (χ0) is 12.8. The molecule has 100 valence electrons. The van der Waals surface area contributed by atoms with Gasteiger partial charge < -0.3 is 10.2 Å². The van der Waals surface area contributed by atoms with Crippen LogP contribution in [0.2, 0.25) is 0 Å². The minimum atomic E-state index is 0.701. The first-order chi connectivity index (χ1) is 8.75. The summed E-state index contributed by atoms with van der Waals surface area (Å²) < 4.78 is 0. The van der Waals surface area contributed by atoms with Crippen molar-refractivity contribution in [1.82, 2.24) is 15.2 Å². The van der Waals surface area contributed by atoms with Crippen molar-refractivity contribution >= 4 is 0 Å². The van der Waals surface area contributed by atoms with Crippen molar-refractivity contribution in [2.24, 2.45) is 5.92 Å². The van der Waals surface area contributed by atoms with Gasteiger partial charge in [0.1, 0.15) is 0 Å². The van der Waals surface area contributed by atoms with Crippen LogP contribution in [0, 0.1) is 5.92 Å². The molecule has 0 aliphatic carbocycles. The predicted octanol–water partition coefficient (Wildman–Crippen LogP) is 1.94. The minimum absolute atomic E-state index is 0.701. The van der Waals surface area contributed by atoms with Gasteiger partial charge in [-0.25, -0.2) is 0 Å². The van der Waals surface area contributed by atoms with Crippen LogP contribution in [0.25, 0.3) is 0 Å². The molecule has 1 aromatic heterocycles. The van der Waals surface area contributed by atoms with E-state index < -0.39 is 0 Å². The predicted molar refractivity (Wildman–Crippen MR) is 75.6 cm³/mol. The maximum atomic E-state index is 4.04. The van der Waals surface area contributed by atoms with E-state index >= 15 is 0 Å². The van der Waals surface area contributed by atoms with Crippen LogP contribution in [-0.2, 0) is 6.42 Å². The van der Waals surface area contributed by atoms with Crippen molar-refractivity contribution < 1.29 is 0 Å². The Morgan fingerprint density at radius 1 is 1.39 bits per heavy atom. The average Bonchev–Trinajstić information content (AvgIpc) is 2.85. The molecule has 0 spiro atoms. The molecule has 2 heterocycles. The van der Waals surface area contributed by atoms with Crippen LogP contribution in [0.4, 0.5) is 0 Å². The second-order valence-electron chi connectivity index (χ2n) is 5.55. The molecule has 3 heteroatoms. The largest absolute Gasteiger partial charge is 0.316 e. The number of aromatic nitrogens is 1. The summed E-state index contributed by atoms with van der Waals surface area (Å²) in [4.78, 5) is 6.61. The number of hydrogen-bond acceptors (Lipinski definition) is 3. The Hall–Kier alpha value is -0.930. The van der Waals surface area contributed by atoms with Crippen LogP contribution >= 0.6 is 0 Å². The zero-order valence-electron chi connectivity index (χ0n) is 11.6. The fourth-order valence-electron chi connectivity index (χ4n) is 2.59. The Labute approximate surface area is 111 Å². The van der Waals surface area contributed by atoms with Gasteiger partial charge in [0, 0.05) is 25.0 Å². The lowest BCUT2D eigenvalue weighted by Crippen LogP contribution is -2.31. The molecule has 0 saturated carbocycles. The van der Waals surface area contributed by atoms with E-state index in [2.05, 4.69) is 41.2 Å². The molecule has 0 aromatic carbocycles. The summed E-state index contributed by atoms with van der Waals surface area (Å²) in [6.45, 7) is 9.35. The fraction of sp³-hybridized carbons (Fsp3) is 0.667. The third-order valence-corrected chi connectivity index (χ3v) is 3.82. The van der Waals surface area contributed by atoms with E-state index in [1.807, 2.05) is 12.4 Å². The molecule has 1 aliphatic rings. The standard InChI is InChI=1S/C15H25N3/c1-13(2)18-10-6-15(12-18)11-17-9-5-14-3-7-16-8-4-14/h3-4,7-8,13,15,17H,5-6,9-12H2,1-2H3. The zero-order valence-corrected chi connectivity index (χ0v) is 11.6. The van der Waals surface area contributed by atoms with E-state index in [1.54, 1.807) is 0 Å². The summed E-state index contributed by atoms with van der Waals surface area (Å²) in [5.41, 5.74) is 1.37. The molecule has 1 saturated heterocycles. The topological polar surface area (TPSA) is 28.2 Å². The number of rotatable bonds is 6. The molecule has 1 aromatic rings. The van der Waals surface area contributed by atoms with Gasteiger partial charge in [0.25, 0.3) is 0 Å². The van der Waals surface area contributed by atoms with Gasteiger partial charge in [-0.2, -0.15) is 0 Å². The molecular formula is C15H25N3. The Morgan fingerprint density at radius 3 is 2.83 bits per heavy atom. The Bertz CT molecular complexity index is 337. The fourth-order valence-corrected chi connectivity index (χ4v) is 2.59. The van der Waals surface area contributed by atoms with Crippen LogP contribution in [0.1, 0.15) is 25.8 Å². The van der Waals surface area contributed by atoms with Crippen LogP contribution in [0.15, 0.2) is 24.5 Å². The van der Waals surface area contributed by atoms with Gasteiger partial charge in [-0.1, -0.05) is 0 Å². The summed E-state index contributed by atoms with van der Waals surface area (Å²) in [5, 5.41) is 3.59. The van der Waals surface area contributed by atoms with E-state index in [0.29, 0.717) is 6.04 Å². The second kappa shape index (κ2) is 6.86. The molecule has 0 amide bonds. The van der Waals surface area contributed by atoms with Gasteiger partial charge in [0.05, 0.1) is 0 Å². The maximum absolute atomic E-state index is 4.04. The highest BCUT2D eigenvalue weighted by Gasteiger charge is 2.23. The lowest BCUT2D eigenvalue weighted by Gasteiger charge is -2.20. The quantitative estimate of drug-likeness (QED) is 0.779. The first kappa shape index (κ1) is 13.5. The molecule has 1 fully saturated rings. The van der Waals surface area contributed by atoms with Crippen molar-refractivity contribution in [3.63, 3.8) is 0 Å². The Kier molecular flexibility index (Phi) is 5.14. The molecule has 1 N–H and O–H groups in total. The lowest BCUT2D eigenvalue weighted by atomic mass is 10.1.